The summed E-state index contributed by atoms with van der Waals surface area (Å²) >= 11 is 0. The summed E-state index contributed by atoms with van der Waals surface area (Å²) in [5, 5.41) is 8.48. The number of nitrogens with one attached hydrogen (secondary N) is 1. The van der Waals surface area contributed by atoms with Gasteiger partial charge in [0.1, 0.15) is 5.69 Å². The molecule has 0 aliphatic heterocycles. The van der Waals surface area contributed by atoms with Crippen LogP contribution in [0, 0.1) is 13.8 Å². The highest BCUT2D eigenvalue weighted by Gasteiger charge is 2.13. The summed E-state index contributed by atoms with van der Waals surface area (Å²) in [6, 6.07) is 21.0. The van der Waals surface area contributed by atoms with E-state index in [1.54, 1.807) is 6.07 Å². The van der Waals surface area contributed by atoms with Crippen molar-refractivity contribution in [3.63, 3.8) is 0 Å². The summed E-state index contributed by atoms with van der Waals surface area (Å²) in [4.78, 5) is 17.2. The van der Waals surface area contributed by atoms with Crippen LogP contribution in [0.3, 0.4) is 0 Å². The van der Waals surface area contributed by atoms with E-state index >= 15 is 0 Å². The Morgan fingerprint density at radius 2 is 1.73 bits per heavy atom. The van der Waals surface area contributed by atoms with E-state index in [1.807, 2.05) is 79.2 Å². The van der Waals surface area contributed by atoms with Crippen LogP contribution in [-0.2, 0) is 0 Å². The lowest BCUT2D eigenvalue weighted by Gasteiger charge is -2.12. The molecule has 0 radical (unpaired) electrons. The van der Waals surface area contributed by atoms with Crippen LogP contribution in [0.2, 0.25) is 0 Å². The minimum absolute atomic E-state index is 0.246. The smallest absolute Gasteiger partial charge is 0.274 e. The fourth-order valence-corrected chi connectivity index (χ4v) is 3.02. The number of amides is 1. The molecule has 0 fully saturated rings. The number of nitrogens with zero attached hydrogens (tertiary/aromatic N) is 3. The number of para-hydroxylation sites is 3. The molecule has 2 aromatic heterocycles. The van der Waals surface area contributed by atoms with Crippen molar-refractivity contribution < 1.29 is 4.79 Å². The van der Waals surface area contributed by atoms with Gasteiger partial charge in [-0.1, -0.05) is 36.4 Å². The molecule has 0 unspecified atom stereocenters. The zero-order valence-corrected chi connectivity index (χ0v) is 14.6. The van der Waals surface area contributed by atoms with Gasteiger partial charge in [0.15, 0.2) is 0 Å². The Bertz CT molecular complexity index is 1110. The summed E-state index contributed by atoms with van der Waals surface area (Å²) in [5.74, 6) is -0.246. The van der Waals surface area contributed by atoms with Crippen LogP contribution < -0.4 is 5.32 Å². The van der Waals surface area contributed by atoms with Gasteiger partial charge >= 0.3 is 0 Å². The standard InChI is InChI=1S/C21H18N4O/c1-14-13-15(2)25(24-14)20-10-6-5-9-18(20)23-21(26)19-12-11-16-7-3-4-8-17(16)22-19/h3-13H,1-2H3,(H,23,26). The minimum Gasteiger partial charge on any atom is -0.319 e. The van der Waals surface area contributed by atoms with Crippen molar-refractivity contribution in [3.8, 4) is 5.69 Å². The van der Waals surface area contributed by atoms with Crippen molar-refractivity contribution in [1.29, 1.82) is 0 Å². The second kappa shape index (κ2) is 6.44. The SMILES string of the molecule is Cc1cc(C)n(-c2ccccc2NC(=O)c2ccc3ccccc3n2)n1. The van der Waals surface area contributed by atoms with Crippen LogP contribution in [0.25, 0.3) is 16.6 Å². The van der Waals surface area contributed by atoms with Gasteiger partial charge < -0.3 is 5.32 Å². The normalized spacial score (nSPS) is 10.8. The second-order valence-electron chi connectivity index (χ2n) is 6.20. The molecule has 128 valence electrons. The van der Waals surface area contributed by atoms with E-state index < -0.39 is 0 Å². The third kappa shape index (κ3) is 2.95. The van der Waals surface area contributed by atoms with E-state index in [0.717, 1.165) is 28.0 Å². The van der Waals surface area contributed by atoms with E-state index in [0.29, 0.717) is 11.4 Å². The zero-order valence-electron chi connectivity index (χ0n) is 14.6. The van der Waals surface area contributed by atoms with Gasteiger partial charge in [-0.15, -0.1) is 0 Å². The van der Waals surface area contributed by atoms with Gasteiger partial charge in [0.2, 0.25) is 0 Å². The minimum atomic E-state index is -0.246. The second-order valence-corrected chi connectivity index (χ2v) is 6.20. The van der Waals surface area contributed by atoms with Gasteiger partial charge in [0, 0.05) is 11.1 Å². The van der Waals surface area contributed by atoms with Gasteiger partial charge in [0.25, 0.3) is 5.91 Å². The molecule has 0 aliphatic rings. The Morgan fingerprint density at radius 3 is 2.54 bits per heavy atom. The van der Waals surface area contributed by atoms with Crippen LogP contribution in [0.4, 0.5) is 5.69 Å². The van der Waals surface area contributed by atoms with E-state index in [-0.39, 0.29) is 5.91 Å². The molecule has 0 saturated heterocycles. The van der Waals surface area contributed by atoms with E-state index in [9.17, 15) is 4.79 Å². The Labute approximate surface area is 151 Å². The number of pyridine rings is 1. The molecular formula is C21H18N4O. The third-order valence-corrected chi connectivity index (χ3v) is 4.22. The zero-order chi connectivity index (χ0) is 18.1. The first kappa shape index (κ1) is 16.0. The number of hydrogen-bond acceptors (Lipinski definition) is 3. The summed E-state index contributed by atoms with van der Waals surface area (Å²) in [6.45, 7) is 3.94. The van der Waals surface area contributed by atoms with Gasteiger partial charge in [-0.2, -0.15) is 5.10 Å². The molecule has 0 bridgehead atoms. The van der Waals surface area contributed by atoms with Gasteiger partial charge in [-0.25, -0.2) is 9.67 Å². The molecule has 4 aromatic rings. The largest absolute Gasteiger partial charge is 0.319 e. The lowest BCUT2D eigenvalue weighted by molar-refractivity contribution is 0.102. The maximum Gasteiger partial charge on any atom is 0.274 e. The Balaban J connectivity index is 1.68. The van der Waals surface area contributed by atoms with Crippen molar-refractivity contribution in [2.45, 2.75) is 13.8 Å². The Morgan fingerprint density at radius 1 is 0.962 bits per heavy atom. The van der Waals surface area contributed by atoms with Crippen molar-refractivity contribution in [2.24, 2.45) is 0 Å². The summed E-state index contributed by atoms with van der Waals surface area (Å²) in [6.07, 6.45) is 0. The number of aryl methyl sites for hydroxylation is 2. The van der Waals surface area contributed by atoms with Crippen molar-refractivity contribution in [1.82, 2.24) is 14.8 Å². The molecule has 2 aromatic carbocycles. The highest BCUT2D eigenvalue weighted by Crippen LogP contribution is 2.22. The number of anilines is 1. The van der Waals surface area contributed by atoms with E-state index in [4.69, 9.17) is 0 Å². The molecule has 26 heavy (non-hydrogen) atoms. The van der Waals surface area contributed by atoms with Gasteiger partial charge in [-0.3, -0.25) is 4.79 Å². The average Bonchev–Trinajstić information content (AvgIpc) is 2.99. The first-order valence-corrected chi connectivity index (χ1v) is 8.41. The first-order chi connectivity index (χ1) is 12.6. The Hall–Kier alpha value is -3.47. The topological polar surface area (TPSA) is 59.8 Å². The Kier molecular flexibility index (Phi) is 3.97. The maximum absolute atomic E-state index is 12.7. The molecule has 0 spiro atoms. The summed E-state index contributed by atoms with van der Waals surface area (Å²) in [7, 11) is 0. The maximum atomic E-state index is 12.7. The predicted octanol–water partition coefficient (Wildman–Crippen LogP) is 4.29. The number of fused-ring (bicyclic) bond motifs is 1. The fraction of sp³-hybridized carbons (Fsp3) is 0.0952. The summed E-state index contributed by atoms with van der Waals surface area (Å²) in [5.41, 5.74) is 4.64. The molecule has 1 amide bonds. The highest BCUT2D eigenvalue weighted by atomic mass is 16.1. The number of rotatable bonds is 3. The average molecular weight is 342 g/mol. The number of benzene rings is 2. The van der Waals surface area contributed by atoms with Crippen LogP contribution in [0.15, 0.2) is 66.7 Å². The first-order valence-electron chi connectivity index (χ1n) is 8.41. The molecular weight excluding hydrogens is 324 g/mol. The van der Waals surface area contributed by atoms with Crippen LogP contribution in [0.1, 0.15) is 21.9 Å². The van der Waals surface area contributed by atoms with Crippen molar-refractivity contribution in [3.05, 3.63) is 83.8 Å². The van der Waals surface area contributed by atoms with Crippen LogP contribution in [-0.4, -0.2) is 20.7 Å². The summed E-state index contributed by atoms with van der Waals surface area (Å²) < 4.78 is 1.83. The molecule has 2 heterocycles. The molecule has 0 aliphatic carbocycles. The third-order valence-electron chi connectivity index (χ3n) is 4.22. The molecule has 5 nitrogen and oxygen atoms in total. The molecule has 4 rings (SSSR count). The molecule has 0 saturated carbocycles. The quantitative estimate of drug-likeness (QED) is 0.604. The molecule has 1 N–H and O–H groups in total. The molecule has 0 atom stereocenters. The highest BCUT2D eigenvalue weighted by molar-refractivity contribution is 6.05. The van der Waals surface area contributed by atoms with Gasteiger partial charge in [0.05, 0.1) is 22.6 Å². The number of carbonyl (C=O) groups is 1. The van der Waals surface area contributed by atoms with Crippen molar-refractivity contribution in [2.75, 3.05) is 5.32 Å². The van der Waals surface area contributed by atoms with E-state index in [1.165, 1.54) is 0 Å². The van der Waals surface area contributed by atoms with Crippen LogP contribution >= 0.6 is 0 Å². The van der Waals surface area contributed by atoms with Crippen LogP contribution in [0.5, 0.6) is 0 Å². The number of aromatic nitrogens is 3. The van der Waals surface area contributed by atoms with Crippen molar-refractivity contribution >= 4 is 22.5 Å². The van der Waals surface area contributed by atoms with Gasteiger partial charge in [-0.05, 0) is 44.2 Å². The monoisotopic (exact) mass is 342 g/mol. The molecule has 5 heteroatoms. The fourth-order valence-electron chi connectivity index (χ4n) is 3.02. The number of hydrogen-bond donors (Lipinski definition) is 1. The lowest BCUT2D eigenvalue weighted by atomic mass is 10.2. The van der Waals surface area contributed by atoms with E-state index in [2.05, 4.69) is 15.4 Å². The predicted molar refractivity (Wildman–Crippen MR) is 103 cm³/mol. The number of carbonyl (C=O) groups excluding carboxylic acids is 1. The lowest BCUT2D eigenvalue weighted by Crippen LogP contribution is -2.15.